The van der Waals surface area contributed by atoms with Crippen LogP contribution in [0, 0.1) is 4.77 Å². The molecule has 0 aliphatic carbocycles. The quantitative estimate of drug-likeness (QED) is 0.861. The zero-order chi connectivity index (χ0) is 14.9. The lowest BCUT2D eigenvalue weighted by atomic mass is 10.2. The van der Waals surface area contributed by atoms with Crippen LogP contribution in [-0.2, 0) is 0 Å². The number of aromatic nitrogens is 2. The van der Waals surface area contributed by atoms with Gasteiger partial charge in [0.15, 0.2) is 16.3 Å². The Bertz CT molecular complexity index is 660. The highest BCUT2D eigenvalue weighted by molar-refractivity contribution is 7.71. The summed E-state index contributed by atoms with van der Waals surface area (Å²) in [4.78, 5) is 5.38. The third-order valence-electron chi connectivity index (χ3n) is 3.29. The number of hydrogen-bond donors (Lipinski definition) is 1. The summed E-state index contributed by atoms with van der Waals surface area (Å²) in [5.74, 6) is 1.41. The van der Waals surface area contributed by atoms with Gasteiger partial charge in [0.25, 0.3) is 0 Å². The minimum absolute atomic E-state index is 0.268. The fourth-order valence-electron chi connectivity index (χ4n) is 2.50. The Balaban J connectivity index is 2.60. The number of nitrogens with zero attached hydrogens (tertiary/aromatic N) is 2. The molecular formula is C14H21N3O2S. The van der Waals surface area contributed by atoms with Crippen molar-refractivity contribution in [2.75, 3.05) is 34.9 Å². The molecule has 0 fully saturated rings. The number of rotatable bonds is 5. The van der Waals surface area contributed by atoms with Gasteiger partial charge in [-0.3, -0.25) is 0 Å². The van der Waals surface area contributed by atoms with Crippen molar-refractivity contribution in [3.63, 3.8) is 0 Å². The lowest BCUT2D eigenvalue weighted by Crippen LogP contribution is -2.22. The number of likely N-dealkylation sites (N-methyl/N-ethyl adjacent to an activating group) is 1. The van der Waals surface area contributed by atoms with E-state index >= 15 is 0 Å². The summed E-state index contributed by atoms with van der Waals surface area (Å²) >= 11 is 5.45. The van der Waals surface area contributed by atoms with Gasteiger partial charge in [-0.25, -0.2) is 0 Å². The normalized spacial score (nSPS) is 12.9. The first-order valence-corrected chi connectivity index (χ1v) is 6.89. The molecule has 0 radical (unpaired) electrons. The Kier molecular flexibility index (Phi) is 4.35. The molecule has 1 atom stereocenters. The smallest absolute Gasteiger partial charge is 0.178 e. The summed E-state index contributed by atoms with van der Waals surface area (Å²) in [6, 6.07) is 4.15. The number of imidazole rings is 1. The molecule has 1 aromatic heterocycles. The molecular weight excluding hydrogens is 274 g/mol. The van der Waals surface area contributed by atoms with Gasteiger partial charge >= 0.3 is 0 Å². The average Bonchev–Trinajstić information content (AvgIpc) is 2.70. The van der Waals surface area contributed by atoms with E-state index in [1.165, 1.54) is 0 Å². The van der Waals surface area contributed by atoms with Crippen LogP contribution in [0.25, 0.3) is 11.0 Å². The lowest BCUT2D eigenvalue weighted by molar-refractivity contribution is 0.338. The molecule has 0 spiro atoms. The van der Waals surface area contributed by atoms with Gasteiger partial charge in [-0.15, -0.1) is 0 Å². The molecule has 1 unspecified atom stereocenters. The molecule has 0 saturated heterocycles. The van der Waals surface area contributed by atoms with E-state index < -0.39 is 0 Å². The Labute approximate surface area is 124 Å². The van der Waals surface area contributed by atoms with Crippen LogP contribution in [0.15, 0.2) is 12.1 Å². The van der Waals surface area contributed by atoms with E-state index in [9.17, 15) is 0 Å². The second-order valence-corrected chi connectivity index (χ2v) is 5.52. The van der Waals surface area contributed by atoms with Gasteiger partial charge in [0.1, 0.15) is 0 Å². The third-order valence-corrected chi connectivity index (χ3v) is 3.59. The molecule has 1 heterocycles. The minimum Gasteiger partial charge on any atom is -0.493 e. The molecule has 0 bridgehead atoms. The van der Waals surface area contributed by atoms with E-state index in [1.54, 1.807) is 14.2 Å². The maximum absolute atomic E-state index is 5.45. The van der Waals surface area contributed by atoms with E-state index in [1.807, 2.05) is 12.1 Å². The van der Waals surface area contributed by atoms with Crippen molar-refractivity contribution in [2.24, 2.45) is 0 Å². The fraction of sp³-hybridized carbons (Fsp3) is 0.500. The average molecular weight is 295 g/mol. The topological polar surface area (TPSA) is 42.4 Å². The van der Waals surface area contributed by atoms with Crippen LogP contribution in [-0.4, -0.2) is 49.3 Å². The Morgan fingerprint density at radius 3 is 2.40 bits per heavy atom. The molecule has 1 aromatic carbocycles. The van der Waals surface area contributed by atoms with Crippen molar-refractivity contribution in [1.29, 1.82) is 0 Å². The zero-order valence-corrected chi connectivity index (χ0v) is 13.4. The minimum atomic E-state index is 0.268. The molecule has 1 N–H and O–H groups in total. The molecule has 0 aliphatic rings. The highest BCUT2D eigenvalue weighted by atomic mass is 32.1. The number of H-pyrrole nitrogens is 1. The summed E-state index contributed by atoms with van der Waals surface area (Å²) < 4.78 is 13.5. The highest BCUT2D eigenvalue weighted by Gasteiger charge is 2.15. The van der Waals surface area contributed by atoms with E-state index in [2.05, 4.69) is 35.5 Å². The van der Waals surface area contributed by atoms with Gasteiger partial charge < -0.3 is 23.9 Å². The number of aromatic amines is 1. The summed E-state index contributed by atoms with van der Waals surface area (Å²) in [5, 5.41) is 0. The van der Waals surface area contributed by atoms with E-state index in [-0.39, 0.29) is 6.04 Å². The SMILES string of the molecule is COc1cc2[nH]c(=S)n(C(C)CN(C)C)c2cc1OC. The number of ether oxygens (including phenoxy) is 2. The van der Waals surface area contributed by atoms with Crippen LogP contribution in [0.5, 0.6) is 11.5 Å². The number of fused-ring (bicyclic) bond motifs is 1. The van der Waals surface area contributed by atoms with Crippen LogP contribution in [0.4, 0.5) is 0 Å². The fourth-order valence-corrected chi connectivity index (χ4v) is 2.89. The monoisotopic (exact) mass is 295 g/mol. The number of benzene rings is 1. The first kappa shape index (κ1) is 14.9. The van der Waals surface area contributed by atoms with Crippen molar-refractivity contribution in [1.82, 2.24) is 14.5 Å². The van der Waals surface area contributed by atoms with Crippen LogP contribution in [0.3, 0.4) is 0 Å². The van der Waals surface area contributed by atoms with Crippen LogP contribution in [0.2, 0.25) is 0 Å². The Morgan fingerprint density at radius 1 is 1.25 bits per heavy atom. The predicted octanol–water partition coefficient (Wildman–Crippen LogP) is 2.84. The first-order valence-electron chi connectivity index (χ1n) is 6.49. The Hall–Kier alpha value is -1.53. The van der Waals surface area contributed by atoms with E-state index in [4.69, 9.17) is 21.7 Å². The van der Waals surface area contributed by atoms with Crippen molar-refractivity contribution in [3.05, 3.63) is 16.9 Å². The molecule has 0 amide bonds. The van der Waals surface area contributed by atoms with Crippen LogP contribution >= 0.6 is 12.2 Å². The van der Waals surface area contributed by atoms with Crippen molar-refractivity contribution in [3.8, 4) is 11.5 Å². The predicted molar refractivity (Wildman–Crippen MR) is 83.5 cm³/mol. The van der Waals surface area contributed by atoms with Gasteiger partial charge in [0.05, 0.1) is 25.3 Å². The summed E-state index contributed by atoms with van der Waals surface area (Å²) in [6.07, 6.45) is 0. The largest absolute Gasteiger partial charge is 0.493 e. The van der Waals surface area contributed by atoms with Gasteiger partial charge in [-0.2, -0.15) is 0 Å². The molecule has 110 valence electrons. The van der Waals surface area contributed by atoms with Crippen molar-refractivity contribution in [2.45, 2.75) is 13.0 Å². The molecule has 0 aliphatic heterocycles. The van der Waals surface area contributed by atoms with Crippen LogP contribution in [0.1, 0.15) is 13.0 Å². The van der Waals surface area contributed by atoms with Crippen LogP contribution < -0.4 is 9.47 Å². The van der Waals surface area contributed by atoms with Gasteiger partial charge in [-0.05, 0) is 33.2 Å². The summed E-state index contributed by atoms with van der Waals surface area (Å²) in [6.45, 7) is 3.06. The zero-order valence-electron chi connectivity index (χ0n) is 12.6. The standard InChI is InChI=1S/C14H21N3O2S/c1-9(8-16(2)3)17-11-7-13(19-5)12(18-4)6-10(11)15-14(17)20/h6-7,9H,8H2,1-5H3,(H,15,20). The third kappa shape index (κ3) is 2.66. The van der Waals surface area contributed by atoms with Gasteiger partial charge in [0, 0.05) is 24.7 Å². The second kappa shape index (κ2) is 5.85. The summed E-state index contributed by atoms with van der Waals surface area (Å²) in [7, 11) is 7.37. The molecule has 20 heavy (non-hydrogen) atoms. The molecule has 0 saturated carbocycles. The van der Waals surface area contributed by atoms with Gasteiger partial charge in [-0.1, -0.05) is 0 Å². The van der Waals surface area contributed by atoms with E-state index in [0.717, 1.165) is 17.6 Å². The molecule has 6 heteroatoms. The second-order valence-electron chi connectivity index (χ2n) is 5.14. The number of nitrogens with one attached hydrogen (secondary N) is 1. The van der Waals surface area contributed by atoms with Crippen molar-refractivity contribution >= 4 is 23.3 Å². The maximum Gasteiger partial charge on any atom is 0.178 e. The number of hydrogen-bond acceptors (Lipinski definition) is 4. The first-order chi connectivity index (χ1) is 9.47. The molecule has 5 nitrogen and oxygen atoms in total. The summed E-state index contributed by atoms with van der Waals surface area (Å²) in [5.41, 5.74) is 1.99. The molecule has 2 rings (SSSR count). The Morgan fingerprint density at radius 2 is 1.85 bits per heavy atom. The number of methoxy groups -OCH3 is 2. The maximum atomic E-state index is 5.45. The van der Waals surface area contributed by atoms with Crippen molar-refractivity contribution < 1.29 is 9.47 Å². The van der Waals surface area contributed by atoms with Gasteiger partial charge in [0.2, 0.25) is 0 Å². The highest BCUT2D eigenvalue weighted by Crippen LogP contribution is 2.33. The molecule has 2 aromatic rings. The van der Waals surface area contributed by atoms with E-state index in [0.29, 0.717) is 16.3 Å². The lowest BCUT2D eigenvalue weighted by Gasteiger charge is -2.19.